The van der Waals surface area contributed by atoms with Gasteiger partial charge in [0.05, 0.1) is 21.4 Å². The third-order valence-electron chi connectivity index (χ3n) is 4.61. The molecule has 0 aliphatic carbocycles. The van der Waals surface area contributed by atoms with Crippen molar-refractivity contribution in [1.29, 1.82) is 0 Å². The Balaban J connectivity index is 0.00000129. The molecule has 1 saturated heterocycles. The van der Waals surface area contributed by atoms with E-state index in [0.717, 1.165) is 6.42 Å². The Kier molecular flexibility index (Phi) is 13.4. The average Bonchev–Trinajstić information content (AvgIpc) is 2.77. The van der Waals surface area contributed by atoms with E-state index >= 15 is 0 Å². The van der Waals surface area contributed by atoms with Gasteiger partial charge >= 0.3 is 0 Å². The van der Waals surface area contributed by atoms with Gasteiger partial charge in [0.1, 0.15) is 0 Å². The topological polar surface area (TPSA) is 57.7 Å². The smallest absolute Gasteiger partial charge is 0.214 e. The van der Waals surface area contributed by atoms with Crippen LogP contribution in [0.2, 0.25) is 15.1 Å². The Labute approximate surface area is 215 Å². The number of unbranched alkanes of at least 4 members (excludes halogenated alkanes) is 1. The molecule has 0 spiro atoms. The van der Waals surface area contributed by atoms with Crippen LogP contribution in [0.1, 0.15) is 33.1 Å². The SMILES string of the molecule is C#C.CC.O=S(c1ccc(Cl)cc1)N(CCCCS(=O)(=O)N1CCC1)c1cc(Cl)ccc1Cl. The zero-order chi connectivity index (χ0) is 25.0. The van der Waals surface area contributed by atoms with Crippen LogP contribution in [-0.4, -0.2) is 42.3 Å². The molecular weight excluding hydrogens is 523 g/mol. The molecule has 1 unspecified atom stereocenters. The Morgan fingerprint density at radius 1 is 0.970 bits per heavy atom. The van der Waals surface area contributed by atoms with Crippen LogP contribution < -0.4 is 4.31 Å². The van der Waals surface area contributed by atoms with E-state index in [4.69, 9.17) is 34.8 Å². The van der Waals surface area contributed by atoms with Crippen LogP contribution >= 0.6 is 34.8 Å². The second-order valence-corrected chi connectivity index (χ2v) is 11.5. The number of benzene rings is 2. The van der Waals surface area contributed by atoms with Crippen molar-refractivity contribution in [2.45, 2.75) is 38.0 Å². The van der Waals surface area contributed by atoms with Gasteiger partial charge < -0.3 is 0 Å². The standard InChI is InChI=1S/C19H21Cl3N2O3S2.C2H6.C2H2/c20-15-4-7-17(8-5-15)28(25)24(19-14-16(21)6-9-18(19)22)12-1-2-13-29(26,27)23-10-3-11-23;2*1-2/h4-9,14H,1-3,10-13H2;1-2H3;1-2H. The van der Waals surface area contributed by atoms with Crippen LogP contribution in [0.4, 0.5) is 5.69 Å². The van der Waals surface area contributed by atoms with Crippen molar-refractivity contribution < 1.29 is 12.6 Å². The van der Waals surface area contributed by atoms with Gasteiger partial charge in [-0.25, -0.2) is 16.9 Å². The van der Waals surface area contributed by atoms with Crippen LogP contribution in [-0.2, 0) is 21.0 Å². The summed E-state index contributed by atoms with van der Waals surface area (Å²) in [6.45, 7) is 5.57. The normalized spacial score (nSPS) is 14.0. The second-order valence-electron chi connectivity index (χ2n) is 6.68. The molecule has 5 nitrogen and oxygen atoms in total. The van der Waals surface area contributed by atoms with Crippen molar-refractivity contribution in [2.75, 3.05) is 29.7 Å². The van der Waals surface area contributed by atoms with E-state index in [0.29, 0.717) is 58.1 Å². The van der Waals surface area contributed by atoms with Crippen LogP contribution in [0.5, 0.6) is 0 Å². The summed E-state index contributed by atoms with van der Waals surface area (Å²) in [5.41, 5.74) is 0.540. The van der Waals surface area contributed by atoms with Gasteiger partial charge in [-0.3, -0.25) is 4.31 Å². The van der Waals surface area contributed by atoms with Crippen molar-refractivity contribution in [3.8, 4) is 12.8 Å². The fourth-order valence-electron chi connectivity index (χ4n) is 2.88. The lowest BCUT2D eigenvalue weighted by molar-refractivity contribution is 0.309. The zero-order valence-corrected chi connectivity index (χ0v) is 22.6. The first-order valence-corrected chi connectivity index (χ1v) is 14.3. The Bertz CT molecular complexity index is 1020. The molecule has 33 heavy (non-hydrogen) atoms. The lowest BCUT2D eigenvalue weighted by Crippen LogP contribution is -2.43. The first-order valence-electron chi connectivity index (χ1n) is 10.5. The molecule has 2 aromatic rings. The van der Waals surface area contributed by atoms with Crippen molar-refractivity contribution in [3.05, 3.63) is 57.5 Å². The molecule has 0 saturated carbocycles. The lowest BCUT2D eigenvalue weighted by atomic mass is 10.3. The Hall–Kier alpha value is -1.27. The zero-order valence-electron chi connectivity index (χ0n) is 18.7. The van der Waals surface area contributed by atoms with E-state index in [2.05, 4.69) is 12.8 Å². The third kappa shape index (κ3) is 8.79. The number of anilines is 1. The Morgan fingerprint density at radius 3 is 2.09 bits per heavy atom. The molecule has 1 aliphatic heterocycles. The monoisotopic (exact) mass is 550 g/mol. The van der Waals surface area contributed by atoms with Gasteiger partial charge in [-0.1, -0.05) is 48.7 Å². The van der Waals surface area contributed by atoms with Gasteiger partial charge in [0, 0.05) is 29.7 Å². The molecule has 1 heterocycles. The molecule has 1 aliphatic rings. The maximum absolute atomic E-state index is 13.2. The van der Waals surface area contributed by atoms with E-state index in [-0.39, 0.29) is 5.75 Å². The molecule has 0 N–H and O–H groups in total. The predicted molar refractivity (Wildman–Crippen MR) is 142 cm³/mol. The maximum Gasteiger partial charge on any atom is 0.214 e. The summed E-state index contributed by atoms with van der Waals surface area (Å²) in [5.74, 6) is 0.0810. The van der Waals surface area contributed by atoms with Gasteiger partial charge in [-0.15, -0.1) is 12.8 Å². The van der Waals surface area contributed by atoms with Gasteiger partial charge in [-0.05, 0) is 61.7 Å². The van der Waals surface area contributed by atoms with Gasteiger partial charge in [0.25, 0.3) is 0 Å². The number of rotatable bonds is 9. The van der Waals surface area contributed by atoms with E-state index < -0.39 is 21.0 Å². The lowest BCUT2D eigenvalue weighted by Gasteiger charge is -2.30. The number of hydrogen-bond donors (Lipinski definition) is 0. The second kappa shape index (κ2) is 14.9. The molecule has 1 fully saturated rings. The van der Waals surface area contributed by atoms with Crippen LogP contribution in [0.3, 0.4) is 0 Å². The van der Waals surface area contributed by atoms with E-state index in [1.54, 1.807) is 46.8 Å². The highest BCUT2D eigenvalue weighted by Gasteiger charge is 2.27. The van der Waals surface area contributed by atoms with Crippen LogP contribution in [0.15, 0.2) is 47.4 Å². The fourth-order valence-corrected chi connectivity index (χ4v) is 6.33. The summed E-state index contributed by atoms with van der Waals surface area (Å²) < 4.78 is 40.8. The highest BCUT2D eigenvalue weighted by molar-refractivity contribution is 7.89. The van der Waals surface area contributed by atoms with Crippen molar-refractivity contribution >= 4 is 61.5 Å². The summed E-state index contributed by atoms with van der Waals surface area (Å²) in [7, 11) is -4.75. The molecule has 10 heteroatoms. The van der Waals surface area contributed by atoms with Crippen LogP contribution in [0, 0.1) is 12.8 Å². The number of hydrogen-bond acceptors (Lipinski definition) is 3. The van der Waals surface area contributed by atoms with Gasteiger partial charge in [-0.2, -0.15) is 0 Å². The molecule has 1 atom stereocenters. The molecule has 2 aromatic carbocycles. The minimum atomic E-state index is -3.20. The molecule has 0 amide bonds. The number of sulfonamides is 1. The number of terminal acetylenes is 1. The first kappa shape index (κ1) is 29.8. The highest BCUT2D eigenvalue weighted by Crippen LogP contribution is 2.32. The van der Waals surface area contributed by atoms with Crippen LogP contribution in [0.25, 0.3) is 0 Å². The molecule has 3 rings (SSSR count). The molecule has 0 aromatic heterocycles. The summed E-state index contributed by atoms with van der Waals surface area (Å²) in [5, 5.41) is 1.45. The van der Waals surface area contributed by atoms with E-state index in [1.807, 2.05) is 13.8 Å². The third-order valence-corrected chi connectivity index (χ3v) is 8.83. The van der Waals surface area contributed by atoms with Crippen molar-refractivity contribution in [2.24, 2.45) is 0 Å². The van der Waals surface area contributed by atoms with Crippen molar-refractivity contribution in [1.82, 2.24) is 4.31 Å². The van der Waals surface area contributed by atoms with Gasteiger partial charge in [0.2, 0.25) is 10.0 Å². The molecule has 182 valence electrons. The molecule has 0 bridgehead atoms. The summed E-state index contributed by atoms with van der Waals surface area (Å²) in [6, 6.07) is 11.7. The van der Waals surface area contributed by atoms with Gasteiger partial charge in [0.15, 0.2) is 11.0 Å². The molecule has 0 radical (unpaired) electrons. The van der Waals surface area contributed by atoms with E-state index in [9.17, 15) is 12.6 Å². The quantitative estimate of drug-likeness (QED) is 0.273. The number of halogens is 3. The van der Waals surface area contributed by atoms with Crippen molar-refractivity contribution in [3.63, 3.8) is 0 Å². The predicted octanol–water partition coefficient (Wildman–Crippen LogP) is 6.27. The minimum absolute atomic E-state index is 0.0810. The summed E-state index contributed by atoms with van der Waals surface area (Å²) in [4.78, 5) is 0.568. The maximum atomic E-state index is 13.2. The number of nitrogens with zero attached hydrogens (tertiary/aromatic N) is 2. The largest absolute Gasteiger partial charge is 0.286 e. The highest BCUT2D eigenvalue weighted by atomic mass is 35.5. The summed E-state index contributed by atoms with van der Waals surface area (Å²) in [6.07, 6.45) is 9.92. The summed E-state index contributed by atoms with van der Waals surface area (Å²) >= 11 is 18.4. The molecular formula is C23H29Cl3N2O3S2. The van der Waals surface area contributed by atoms with E-state index in [1.165, 1.54) is 4.31 Å². The first-order chi connectivity index (χ1) is 15.8. The Morgan fingerprint density at radius 2 is 1.55 bits per heavy atom. The fraction of sp³-hybridized carbons (Fsp3) is 0.391. The minimum Gasteiger partial charge on any atom is -0.286 e. The average molecular weight is 552 g/mol.